The second-order valence-corrected chi connectivity index (χ2v) is 5.82. The van der Waals surface area contributed by atoms with Gasteiger partial charge in [0, 0.05) is 21.6 Å². The molecule has 0 saturated heterocycles. The summed E-state index contributed by atoms with van der Waals surface area (Å²) in [7, 11) is 0. The second kappa shape index (κ2) is 5.72. The fourth-order valence-electron chi connectivity index (χ4n) is 2.28. The predicted molar refractivity (Wildman–Crippen MR) is 84.9 cm³/mol. The largest absolute Gasteiger partial charge is 0.384 e. The first-order valence-electron chi connectivity index (χ1n) is 6.24. The van der Waals surface area contributed by atoms with Crippen molar-refractivity contribution in [1.82, 2.24) is 4.98 Å². The van der Waals surface area contributed by atoms with E-state index in [1.165, 1.54) is 6.07 Å². The molecular weight excluding hydrogens is 357 g/mol. The van der Waals surface area contributed by atoms with Gasteiger partial charge in [-0.05, 0) is 39.7 Å². The van der Waals surface area contributed by atoms with Gasteiger partial charge < -0.3 is 5.11 Å². The summed E-state index contributed by atoms with van der Waals surface area (Å²) in [4.78, 5) is 4.23. The van der Waals surface area contributed by atoms with Gasteiger partial charge in [-0.3, -0.25) is 4.98 Å². The zero-order valence-electron chi connectivity index (χ0n) is 10.7. The van der Waals surface area contributed by atoms with Crippen molar-refractivity contribution in [3.05, 3.63) is 75.1 Å². The Morgan fingerprint density at radius 1 is 1.10 bits per heavy atom. The summed E-state index contributed by atoms with van der Waals surface area (Å²) in [6.45, 7) is 0. The lowest BCUT2D eigenvalue weighted by Gasteiger charge is -2.15. The van der Waals surface area contributed by atoms with E-state index in [0.29, 0.717) is 10.0 Å². The molecule has 0 saturated carbocycles. The molecule has 0 bridgehead atoms. The minimum Gasteiger partial charge on any atom is -0.384 e. The predicted octanol–water partition coefficient (Wildman–Crippen LogP) is 4.87. The molecule has 0 spiro atoms. The van der Waals surface area contributed by atoms with Crippen LogP contribution in [0.3, 0.4) is 0 Å². The maximum Gasteiger partial charge on any atom is 0.149 e. The van der Waals surface area contributed by atoms with E-state index in [4.69, 9.17) is 11.6 Å². The van der Waals surface area contributed by atoms with Gasteiger partial charge in [-0.2, -0.15) is 0 Å². The Labute approximate surface area is 134 Å². The normalized spacial score (nSPS) is 12.6. The summed E-state index contributed by atoms with van der Waals surface area (Å²) in [6.07, 6.45) is 0.489. The van der Waals surface area contributed by atoms with Crippen molar-refractivity contribution < 1.29 is 9.50 Å². The van der Waals surface area contributed by atoms with Gasteiger partial charge >= 0.3 is 0 Å². The number of aliphatic hydroxyl groups is 1. The Balaban J connectivity index is 2.17. The summed E-state index contributed by atoms with van der Waals surface area (Å²) in [5, 5.41) is 11.3. The number of hydrogen-bond acceptors (Lipinski definition) is 2. The third kappa shape index (κ3) is 2.55. The van der Waals surface area contributed by atoms with E-state index < -0.39 is 11.9 Å². The molecule has 1 N–H and O–H groups in total. The van der Waals surface area contributed by atoms with Crippen molar-refractivity contribution in [1.29, 1.82) is 0 Å². The lowest BCUT2D eigenvalue weighted by Crippen LogP contribution is -2.04. The number of pyridine rings is 1. The van der Waals surface area contributed by atoms with E-state index in [0.717, 1.165) is 10.9 Å². The highest BCUT2D eigenvalue weighted by atomic mass is 79.9. The number of hydrogen-bond donors (Lipinski definition) is 1. The maximum atomic E-state index is 14.3. The van der Waals surface area contributed by atoms with Gasteiger partial charge in [0.25, 0.3) is 0 Å². The van der Waals surface area contributed by atoms with Crippen LogP contribution in [-0.4, -0.2) is 10.1 Å². The fraction of sp³-hybridized carbons (Fsp3) is 0.0625. The number of halogens is 3. The van der Waals surface area contributed by atoms with Crippen molar-refractivity contribution in [3.8, 4) is 0 Å². The molecule has 21 heavy (non-hydrogen) atoms. The van der Waals surface area contributed by atoms with Crippen molar-refractivity contribution in [3.63, 3.8) is 0 Å². The average molecular weight is 367 g/mol. The number of rotatable bonds is 2. The van der Waals surface area contributed by atoms with E-state index in [-0.39, 0.29) is 10.6 Å². The first-order chi connectivity index (χ1) is 10.1. The van der Waals surface area contributed by atoms with Crippen LogP contribution >= 0.6 is 27.5 Å². The van der Waals surface area contributed by atoms with Crippen LogP contribution in [0.5, 0.6) is 0 Å². The number of benzene rings is 2. The third-order valence-corrected chi connectivity index (χ3v) is 4.60. The van der Waals surface area contributed by atoms with Crippen LogP contribution in [0.25, 0.3) is 10.9 Å². The Morgan fingerprint density at radius 3 is 2.67 bits per heavy atom. The molecule has 0 radical (unpaired) electrons. The smallest absolute Gasteiger partial charge is 0.149 e. The highest BCUT2D eigenvalue weighted by Crippen LogP contribution is 2.34. The summed E-state index contributed by atoms with van der Waals surface area (Å²) < 4.78 is 14.7. The summed E-state index contributed by atoms with van der Waals surface area (Å²) in [6, 6.07) is 12.2. The van der Waals surface area contributed by atoms with Crippen molar-refractivity contribution in [2.24, 2.45) is 0 Å². The van der Waals surface area contributed by atoms with Gasteiger partial charge in [-0.1, -0.05) is 35.9 Å². The van der Waals surface area contributed by atoms with E-state index in [1.54, 1.807) is 18.3 Å². The molecule has 2 nitrogen and oxygen atoms in total. The zero-order chi connectivity index (χ0) is 15.0. The Bertz CT molecular complexity index is 819. The van der Waals surface area contributed by atoms with Crippen LogP contribution in [0.1, 0.15) is 17.2 Å². The molecule has 0 aliphatic heterocycles. The van der Waals surface area contributed by atoms with Gasteiger partial charge in [-0.15, -0.1) is 0 Å². The summed E-state index contributed by atoms with van der Waals surface area (Å²) >= 11 is 9.05. The fourth-order valence-corrected chi connectivity index (χ4v) is 2.75. The topological polar surface area (TPSA) is 33.1 Å². The van der Waals surface area contributed by atoms with Gasteiger partial charge in [0.05, 0.1) is 10.5 Å². The third-order valence-electron chi connectivity index (χ3n) is 3.34. The number of aliphatic hydroxyl groups excluding tert-OH is 1. The zero-order valence-corrected chi connectivity index (χ0v) is 13.1. The molecule has 0 aliphatic rings. The van der Waals surface area contributed by atoms with Gasteiger partial charge in [-0.25, -0.2) is 4.39 Å². The standard InChI is InChI=1S/C16H10BrClFNO/c17-12-6-5-11(15(19)14(12)18)16(21)10-7-8-20-13-4-2-1-3-9(10)13/h1-8,16,21H. The van der Waals surface area contributed by atoms with Crippen LogP contribution in [0.2, 0.25) is 5.02 Å². The van der Waals surface area contributed by atoms with Crippen LogP contribution < -0.4 is 0 Å². The van der Waals surface area contributed by atoms with Crippen LogP contribution in [0.4, 0.5) is 4.39 Å². The molecule has 3 rings (SSSR count). The SMILES string of the molecule is OC(c1ccc(Br)c(Cl)c1F)c1ccnc2ccccc12. The quantitative estimate of drug-likeness (QED) is 0.656. The average Bonchev–Trinajstić information content (AvgIpc) is 2.51. The van der Waals surface area contributed by atoms with Crippen molar-refractivity contribution in [2.45, 2.75) is 6.10 Å². The molecule has 106 valence electrons. The first-order valence-corrected chi connectivity index (χ1v) is 7.42. The molecule has 1 unspecified atom stereocenters. The first kappa shape index (κ1) is 14.4. The van der Waals surface area contributed by atoms with E-state index >= 15 is 0 Å². The van der Waals surface area contributed by atoms with Crippen molar-refractivity contribution >= 4 is 38.4 Å². The maximum absolute atomic E-state index is 14.3. The van der Waals surface area contributed by atoms with E-state index in [1.807, 2.05) is 24.3 Å². The molecule has 1 aromatic heterocycles. The molecule has 1 atom stereocenters. The monoisotopic (exact) mass is 365 g/mol. The van der Waals surface area contributed by atoms with Crippen LogP contribution in [0.15, 0.2) is 53.1 Å². The molecular formula is C16H10BrClFNO. The molecule has 5 heteroatoms. The minimum atomic E-state index is -1.11. The van der Waals surface area contributed by atoms with Gasteiger partial charge in [0.1, 0.15) is 11.9 Å². The molecule has 3 aromatic rings. The van der Waals surface area contributed by atoms with E-state index in [9.17, 15) is 9.50 Å². The van der Waals surface area contributed by atoms with Gasteiger partial charge in [0.2, 0.25) is 0 Å². The van der Waals surface area contributed by atoms with Crippen LogP contribution in [0, 0.1) is 5.82 Å². The number of fused-ring (bicyclic) bond motifs is 1. The molecule has 0 amide bonds. The Hall–Kier alpha value is -1.49. The Morgan fingerprint density at radius 2 is 1.86 bits per heavy atom. The van der Waals surface area contributed by atoms with Crippen molar-refractivity contribution in [2.75, 3.05) is 0 Å². The minimum absolute atomic E-state index is 0.0371. The molecule has 1 heterocycles. The van der Waals surface area contributed by atoms with Crippen LogP contribution in [-0.2, 0) is 0 Å². The molecule has 2 aromatic carbocycles. The number of nitrogens with zero attached hydrogens (tertiary/aromatic N) is 1. The highest BCUT2D eigenvalue weighted by Gasteiger charge is 2.20. The lowest BCUT2D eigenvalue weighted by molar-refractivity contribution is 0.216. The number of para-hydroxylation sites is 1. The van der Waals surface area contributed by atoms with Gasteiger partial charge in [0.15, 0.2) is 0 Å². The highest BCUT2D eigenvalue weighted by molar-refractivity contribution is 9.10. The lowest BCUT2D eigenvalue weighted by atomic mass is 9.98. The van der Waals surface area contributed by atoms with E-state index in [2.05, 4.69) is 20.9 Å². The summed E-state index contributed by atoms with van der Waals surface area (Å²) in [5.74, 6) is -0.626. The molecule has 0 aliphatic carbocycles. The Kier molecular flexibility index (Phi) is 3.93. The number of aromatic nitrogens is 1. The molecule has 0 fully saturated rings. The second-order valence-electron chi connectivity index (χ2n) is 4.58. The summed E-state index contributed by atoms with van der Waals surface area (Å²) in [5.41, 5.74) is 1.48.